The van der Waals surface area contributed by atoms with Gasteiger partial charge in [0.05, 0.1) is 6.04 Å². The minimum absolute atomic E-state index is 0.0576. The number of halogens is 1. The second-order valence-corrected chi connectivity index (χ2v) is 6.49. The van der Waals surface area contributed by atoms with Gasteiger partial charge in [-0.25, -0.2) is 4.39 Å². The summed E-state index contributed by atoms with van der Waals surface area (Å²) in [6, 6.07) is 4.02. The van der Waals surface area contributed by atoms with E-state index in [2.05, 4.69) is 0 Å². The maximum absolute atomic E-state index is 13.6. The van der Waals surface area contributed by atoms with Crippen LogP contribution in [-0.4, -0.2) is 53.8 Å². The molecule has 2 amide bonds. The van der Waals surface area contributed by atoms with E-state index in [0.29, 0.717) is 37.3 Å². The van der Waals surface area contributed by atoms with Gasteiger partial charge in [0, 0.05) is 31.7 Å². The van der Waals surface area contributed by atoms with Crippen molar-refractivity contribution in [3.63, 3.8) is 0 Å². The summed E-state index contributed by atoms with van der Waals surface area (Å²) in [4.78, 5) is 28.2. The first-order valence-corrected chi connectivity index (χ1v) is 8.45. The summed E-state index contributed by atoms with van der Waals surface area (Å²) in [6.07, 6.45) is 0.852. The average Bonchev–Trinajstić information content (AvgIpc) is 2.61. The molecule has 1 aliphatic rings. The highest BCUT2D eigenvalue weighted by atomic mass is 19.1. The van der Waals surface area contributed by atoms with Crippen LogP contribution in [0.25, 0.3) is 0 Å². The van der Waals surface area contributed by atoms with E-state index in [1.54, 1.807) is 28.9 Å². The van der Waals surface area contributed by atoms with E-state index in [4.69, 9.17) is 5.73 Å². The molecular formula is C18H26FN3O2. The Balaban J connectivity index is 1.95. The lowest BCUT2D eigenvalue weighted by Crippen LogP contribution is -2.55. The number of carbonyl (C=O) groups excluding carboxylic acids is 2. The second-order valence-electron chi connectivity index (χ2n) is 6.49. The molecule has 2 unspecified atom stereocenters. The normalized spacial score (nSPS) is 17.5. The molecule has 0 saturated carbocycles. The van der Waals surface area contributed by atoms with Crippen LogP contribution < -0.4 is 5.73 Å². The number of rotatable bonds is 4. The molecule has 0 radical (unpaired) electrons. The van der Waals surface area contributed by atoms with Crippen molar-refractivity contribution in [1.29, 1.82) is 0 Å². The Labute approximate surface area is 142 Å². The average molecular weight is 335 g/mol. The molecule has 132 valence electrons. The van der Waals surface area contributed by atoms with Gasteiger partial charge in [-0.1, -0.05) is 26.3 Å². The number of amides is 2. The van der Waals surface area contributed by atoms with Crippen LogP contribution in [0.1, 0.15) is 36.2 Å². The Hall–Kier alpha value is -1.95. The molecular weight excluding hydrogens is 309 g/mol. The Morgan fingerprint density at radius 2 is 1.79 bits per heavy atom. The van der Waals surface area contributed by atoms with Crippen LogP contribution in [0.4, 0.5) is 4.39 Å². The fourth-order valence-corrected chi connectivity index (χ4v) is 2.75. The third kappa shape index (κ3) is 3.93. The molecule has 6 heteroatoms. The molecule has 2 atom stereocenters. The van der Waals surface area contributed by atoms with Gasteiger partial charge in [0.25, 0.3) is 5.91 Å². The number of piperazine rings is 1. The van der Waals surface area contributed by atoms with Crippen LogP contribution in [-0.2, 0) is 4.79 Å². The van der Waals surface area contributed by atoms with E-state index in [1.807, 2.05) is 13.8 Å². The maximum Gasteiger partial charge on any atom is 0.254 e. The van der Waals surface area contributed by atoms with Gasteiger partial charge in [-0.3, -0.25) is 9.59 Å². The summed E-state index contributed by atoms with van der Waals surface area (Å²) in [7, 11) is 0. The molecule has 24 heavy (non-hydrogen) atoms. The molecule has 1 aliphatic heterocycles. The maximum atomic E-state index is 13.6. The number of nitrogens with zero attached hydrogens (tertiary/aromatic N) is 2. The first kappa shape index (κ1) is 18.4. The Bertz CT molecular complexity index is 612. The fourth-order valence-electron chi connectivity index (χ4n) is 2.75. The molecule has 1 fully saturated rings. The fraction of sp³-hybridized carbons (Fsp3) is 0.556. The zero-order valence-electron chi connectivity index (χ0n) is 14.6. The standard InChI is InChI=1S/C18H26FN3O2/c1-4-12(2)16(20)18(24)22-9-7-21(8-10-22)17(23)14-6-5-13(3)15(19)11-14/h5-6,11-12,16H,4,7-10,20H2,1-3H3. The molecule has 2 rings (SSSR count). The summed E-state index contributed by atoms with van der Waals surface area (Å²) in [6.45, 7) is 7.44. The van der Waals surface area contributed by atoms with Crippen molar-refractivity contribution in [2.24, 2.45) is 11.7 Å². The Morgan fingerprint density at radius 3 is 2.33 bits per heavy atom. The van der Waals surface area contributed by atoms with E-state index in [-0.39, 0.29) is 23.5 Å². The van der Waals surface area contributed by atoms with Crippen LogP contribution in [0.2, 0.25) is 0 Å². The van der Waals surface area contributed by atoms with Crippen LogP contribution in [0, 0.1) is 18.7 Å². The lowest BCUT2D eigenvalue weighted by Gasteiger charge is -2.36. The monoisotopic (exact) mass is 335 g/mol. The largest absolute Gasteiger partial charge is 0.338 e. The van der Waals surface area contributed by atoms with E-state index in [1.165, 1.54) is 6.07 Å². The van der Waals surface area contributed by atoms with Crippen molar-refractivity contribution in [2.75, 3.05) is 26.2 Å². The number of benzene rings is 1. The van der Waals surface area contributed by atoms with Gasteiger partial charge in [0.2, 0.25) is 5.91 Å². The van der Waals surface area contributed by atoms with Crippen molar-refractivity contribution in [3.05, 3.63) is 35.1 Å². The topological polar surface area (TPSA) is 66.6 Å². The summed E-state index contributed by atoms with van der Waals surface area (Å²) in [5.41, 5.74) is 6.86. The number of aryl methyl sites for hydroxylation is 1. The minimum Gasteiger partial charge on any atom is -0.338 e. The lowest BCUT2D eigenvalue weighted by molar-refractivity contribution is -0.135. The Kier molecular flexibility index (Phi) is 5.94. The van der Waals surface area contributed by atoms with Gasteiger partial charge in [-0.2, -0.15) is 0 Å². The second kappa shape index (κ2) is 7.75. The van der Waals surface area contributed by atoms with Gasteiger partial charge in [0.1, 0.15) is 5.82 Å². The van der Waals surface area contributed by atoms with Crippen molar-refractivity contribution in [3.8, 4) is 0 Å². The van der Waals surface area contributed by atoms with E-state index in [0.717, 1.165) is 6.42 Å². The van der Waals surface area contributed by atoms with Crippen molar-refractivity contribution < 1.29 is 14.0 Å². The highest BCUT2D eigenvalue weighted by molar-refractivity contribution is 5.94. The van der Waals surface area contributed by atoms with Gasteiger partial charge in [-0.15, -0.1) is 0 Å². The molecule has 0 aliphatic carbocycles. The predicted octanol–water partition coefficient (Wildman–Crippen LogP) is 1.79. The molecule has 1 aromatic rings. The molecule has 1 aromatic carbocycles. The molecule has 1 saturated heterocycles. The smallest absolute Gasteiger partial charge is 0.254 e. The lowest BCUT2D eigenvalue weighted by atomic mass is 9.98. The van der Waals surface area contributed by atoms with Crippen LogP contribution in [0.3, 0.4) is 0 Å². The number of hydrogen-bond donors (Lipinski definition) is 1. The van der Waals surface area contributed by atoms with Gasteiger partial charge in [0.15, 0.2) is 0 Å². The highest BCUT2D eigenvalue weighted by Gasteiger charge is 2.29. The van der Waals surface area contributed by atoms with Crippen LogP contribution >= 0.6 is 0 Å². The third-order valence-electron chi connectivity index (χ3n) is 4.84. The Morgan fingerprint density at radius 1 is 1.21 bits per heavy atom. The summed E-state index contributed by atoms with van der Waals surface area (Å²) >= 11 is 0. The van der Waals surface area contributed by atoms with Crippen LogP contribution in [0.15, 0.2) is 18.2 Å². The third-order valence-corrected chi connectivity index (χ3v) is 4.84. The number of nitrogens with two attached hydrogens (primary N) is 1. The predicted molar refractivity (Wildman–Crippen MR) is 91.1 cm³/mol. The first-order valence-electron chi connectivity index (χ1n) is 8.45. The van der Waals surface area contributed by atoms with Gasteiger partial charge in [-0.05, 0) is 30.5 Å². The van der Waals surface area contributed by atoms with Crippen molar-refractivity contribution in [1.82, 2.24) is 9.80 Å². The zero-order valence-corrected chi connectivity index (χ0v) is 14.6. The molecule has 5 nitrogen and oxygen atoms in total. The van der Waals surface area contributed by atoms with Gasteiger partial charge >= 0.3 is 0 Å². The van der Waals surface area contributed by atoms with E-state index < -0.39 is 6.04 Å². The zero-order chi connectivity index (χ0) is 17.9. The van der Waals surface area contributed by atoms with E-state index >= 15 is 0 Å². The summed E-state index contributed by atoms with van der Waals surface area (Å²) in [5, 5.41) is 0. The SMILES string of the molecule is CCC(C)C(N)C(=O)N1CCN(C(=O)c2ccc(C)c(F)c2)CC1. The van der Waals surface area contributed by atoms with E-state index in [9.17, 15) is 14.0 Å². The molecule has 1 heterocycles. The molecule has 0 aromatic heterocycles. The first-order chi connectivity index (χ1) is 11.3. The molecule has 0 bridgehead atoms. The van der Waals surface area contributed by atoms with Crippen molar-refractivity contribution >= 4 is 11.8 Å². The molecule has 0 spiro atoms. The molecule has 2 N–H and O–H groups in total. The minimum atomic E-state index is -0.497. The van der Waals surface area contributed by atoms with Gasteiger partial charge < -0.3 is 15.5 Å². The highest BCUT2D eigenvalue weighted by Crippen LogP contribution is 2.15. The number of hydrogen-bond acceptors (Lipinski definition) is 3. The number of carbonyl (C=O) groups is 2. The van der Waals surface area contributed by atoms with Crippen molar-refractivity contribution in [2.45, 2.75) is 33.2 Å². The summed E-state index contributed by atoms with van der Waals surface area (Å²) in [5.74, 6) is -0.507. The summed E-state index contributed by atoms with van der Waals surface area (Å²) < 4.78 is 13.6. The quantitative estimate of drug-likeness (QED) is 0.912. The van der Waals surface area contributed by atoms with Crippen LogP contribution in [0.5, 0.6) is 0 Å².